The summed E-state index contributed by atoms with van der Waals surface area (Å²) < 4.78 is 15.8. The van der Waals surface area contributed by atoms with E-state index in [1.807, 2.05) is 30.3 Å². The van der Waals surface area contributed by atoms with Crippen molar-refractivity contribution in [2.45, 2.75) is 12.9 Å². The summed E-state index contributed by atoms with van der Waals surface area (Å²) in [5.74, 6) is -0.799. The van der Waals surface area contributed by atoms with E-state index in [1.54, 1.807) is 30.3 Å². The third-order valence-corrected chi connectivity index (χ3v) is 4.39. The van der Waals surface area contributed by atoms with Crippen LogP contribution in [0.15, 0.2) is 60.7 Å². The van der Waals surface area contributed by atoms with Crippen LogP contribution >= 0.6 is 0 Å². The van der Waals surface area contributed by atoms with Crippen molar-refractivity contribution in [3.05, 3.63) is 82.9 Å². The molecular weight excluding hydrogens is 332 g/mol. The van der Waals surface area contributed by atoms with Crippen LogP contribution < -0.4 is 0 Å². The highest BCUT2D eigenvalue weighted by atomic mass is 16.7. The fourth-order valence-corrected chi connectivity index (χ4v) is 3.10. The Labute approximate surface area is 150 Å². The predicted octanol–water partition coefficient (Wildman–Crippen LogP) is 4.01. The molecule has 5 nitrogen and oxygen atoms in total. The molecular formula is C21H16O5. The molecule has 0 saturated heterocycles. The molecule has 0 bridgehead atoms. The molecule has 0 N–H and O–H groups in total. The van der Waals surface area contributed by atoms with E-state index in [-0.39, 0.29) is 6.61 Å². The molecule has 130 valence electrons. The van der Waals surface area contributed by atoms with Gasteiger partial charge in [-0.15, -0.1) is 0 Å². The highest BCUT2D eigenvalue weighted by Crippen LogP contribution is 2.37. The summed E-state index contributed by atoms with van der Waals surface area (Å²) in [6.07, 6.45) is -0.725. The van der Waals surface area contributed by atoms with Gasteiger partial charge >= 0.3 is 11.9 Å². The van der Waals surface area contributed by atoms with Crippen molar-refractivity contribution in [1.29, 1.82) is 0 Å². The molecule has 1 atom stereocenters. The Morgan fingerprint density at radius 1 is 1.08 bits per heavy atom. The van der Waals surface area contributed by atoms with Crippen LogP contribution in [0.25, 0.3) is 10.8 Å². The van der Waals surface area contributed by atoms with Crippen molar-refractivity contribution in [3.8, 4) is 0 Å². The number of rotatable bonds is 4. The van der Waals surface area contributed by atoms with Crippen molar-refractivity contribution in [1.82, 2.24) is 0 Å². The molecule has 1 unspecified atom stereocenters. The van der Waals surface area contributed by atoms with Crippen molar-refractivity contribution in [2.75, 3.05) is 7.11 Å². The molecule has 0 aliphatic carbocycles. The highest BCUT2D eigenvalue weighted by molar-refractivity contribution is 6.03. The van der Waals surface area contributed by atoms with E-state index in [1.165, 1.54) is 7.11 Å². The Morgan fingerprint density at radius 2 is 1.88 bits per heavy atom. The largest absolute Gasteiger partial charge is 0.457 e. The number of methoxy groups -OCH3 is 1. The Morgan fingerprint density at radius 3 is 2.65 bits per heavy atom. The number of carbonyl (C=O) groups excluding carboxylic acids is 2. The van der Waals surface area contributed by atoms with Gasteiger partial charge in [0, 0.05) is 12.7 Å². The summed E-state index contributed by atoms with van der Waals surface area (Å²) in [5, 5.41) is 1.64. The molecule has 0 aromatic heterocycles. The van der Waals surface area contributed by atoms with Crippen LogP contribution in [-0.4, -0.2) is 19.0 Å². The molecule has 3 aromatic carbocycles. The number of ether oxygens (including phenoxy) is 3. The summed E-state index contributed by atoms with van der Waals surface area (Å²) in [4.78, 5) is 24.2. The van der Waals surface area contributed by atoms with Gasteiger partial charge in [-0.2, -0.15) is 0 Å². The number of cyclic esters (lactones) is 1. The lowest BCUT2D eigenvalue weighted by molar-refractivity contribution is -0.0808. The smallest absolute Gasteiger partial charge is 0.341 e. The SMILES string of the molecule is COC1OC(=O)c2ccc3cc(C(=O)OCc4ccccc4)ccc3c21. The Bertz CT molecular complexity index is 994. The fourth-order valence-electron chi connectivity index (χ4n) is 3.10. The van der Waals surface area contributed by atoms with Gasteiger partial charge in [-0.3, -0.25) is 0 Å². The van der Waals surface area contributed by atoms with Crippen molar-refractivity contribution in [3.63, 3.8) is 0 Å². The monoisotopic (exact) mass is 348 g/mol. The second kappa shape index (κ2) is 6.61. The minimum atomic E-state index is -0.725. The van der Waals surface area contributed by atoms with Crippen LogP contribution in [0.3, 0.4) is 0 Å². The van der Waals surface area contributed by atoms with Gasteiger partial charge in [0.15, 0.2) is 0 Å². The molecule has 5 heteroatoms. The van der Waals surface area contributed by atoms with Crippen LogP contribution in [-0.2, 0) is 20.8 Å². The van der Waals surface area contributed by atoms with Crippen molar-refractivity contribution < 1.29 is 23.8 Å². The maximum Gasteiger partial charge on any atom is 0.341 e. The van der Waals surface area contributed by atoms with Gasteiger partial charge in [0.2, 0.25) is 6.29 Å². The van der Waals surface area contributed by atoms with Crippen molar-refractivity contribution in [2.24, 2.45) is 0 Å². The topological polar surface area (TPSA) is 61.8 Å². The van der Waals surface area contributed by atoms with E-state index in [4.69, 9.17) is 14.2 Å². The molecule has 0 radical (unpaired) electrons. The van der Waals surface area contributed by atoms with E-state index < -0.39 is 18.2 Å². The van der Waals surface area contributed by atoms with Gasteiger partial charge in [-0.05, 0) is 34.5 Å². The van der Waals surface area contributed by atoms with Crippen LogP contribution in [0.4, 0.5) is 0 Å². The number of esters is 2. The zero-order chi connectivity index (χ0) is 18.1. The van der Waals surface area contributed by atoms with E-state index >= 15 is 0 Å². The highest BCUT2D eigenvalue weighted by Gasteiger charge is 2.32. The summed E-state index contributed by atoms with van der Waals surface area (Å²) in [6.45, 7) is 0.218. The number of fused-ring (bicyclic) bond motifs is 3. The first-order valence-corrected chi connectivity index (χ1v) is 8.19. The van der Waals surface area contributed by atoms with Crippen LogP contribution in [0.1, 0.15) is 38.1 Å². The molecule has 1 heterocycles. The lowest BCUT2D eigenvalue weighted by Gasteiger charge is -2.11. The van der Waals surface area contributed by atoms with E-state index in [0.717, 1.165) is 16.3 Å². The predicted molar refractivity (Wildman–Crippen MR) is 94.7 cm³/mol. The summed E-state index contributed by atoms with van der Waals surface area (Å²) in [6, 6.07) is 18.2. The molecule has 0 amide bonds. The maximum atomic E-state index is 12.3. The second-order valence-corrected chi connectivity index (χ2v) is 6.00. The Balaban J connectivity index is 1.62. The quantitative estimate of drug-likeness (QED) is 0.667. The van der Waals surface area contributed by atoms with E-state index in [9.17, 15) is 9.59 Å². The standard InChI is InChI=1S/C21H16O5/c1-24-21-18-16-9-8-15(11-14(16)7-10-17(18)20(23)26-21)19(22)25-12-13-5-3-2-4-6-13/h2-11,21H,12H2,1H3. The first-order valence-electron chi connectivity index (χ1n) is 8.19. The van der Waals surface area contributed by atoms with Gasteiger partial charge in [0.25, 0.3) is 0 Å². The molecule has 0 spiro atoms. The minimum Gasteiger partial charge on any atom is -0.457 e. The summed E-state index contributed by atoms with van der Waals surface area (Å²) in [5.41, 5.74) is 2.56. The van der Waals surface area contributed by atoms with Gasteiger partial charge in [-0.1, -0.05) is 42.5 Å². The third-order valence-electron chi connectivity index (χ3n) is 4.39. The van der Waals surface area contributed by atoms with Gasteiger partial charge < -0.3 is 14.2 Å². The van der Waals surface area contributed by atoms with Crippen LogP contribution in [0.5, 0.6) is 0 Å². The lowest BCUT2D eigenvalue weighted by Crippen LogP contribution is -2.05. The molecule has 1 aliphatic heterocycles. The first kappa shape index (κ1) is 16.3. The van der Waals surface area contributed by atoms with Gasteiger partial charge in [0.1, 0.15) is 6.61 Å². The van der Waals surface area contributed by atoms with Crippen LogP contribution in [0.2, 0.25) is 0 Å². The molecule has 0 saturated carbocycles. The second-order valence-electron chi connectivity index (χ2n) is 6.00. The fraction of sp³-hybridized carbons (Fsp3) is 0.143. The average Bonchev–Trinajstić information content (AvgIpc) is 3.02. The van der Waals surface area contributed by atoms with E-state index in [2.05, 4.69) is 0 Å². The molecule has 4 rings (SSSR count). The molecule has 0 fully saturated rings. The summed E-state index contributed by atoms with van der Waals surface area (Å²) >= 11 is 0. The zero-order valence-corrected chi connectivity index (χ0v) is 14.1. The first-order chi connectivity index (χ1) is 12.7. The third kappa shape index (κ3) is 2.82. The summed E-state index contributed by atoms with van der Waals surface area (Å²) in [7, 11) is 1.49. The Kier molecular flexibility index (Phi) is 4.14. The van der Waals surface area contributed by atoms with E-state index in [0.29, 0.717) is 16.7 Å². The minimum absolute atomic E-state index is 0.218. The molecule has 26 heavy (non-hydrogen) atoms. The zero-order valence-electron chi connectivity index (χ0n) is 14.1. The number of benzene rings is 3. The number of hydrogen-bond acceptors (Lipinski definition) is 5. The number of carbonyl (C=O) groups is 2. The lowest BCUT2D eigenvalue weighted by atomic mass is 9.98. The van der Waals surface area contributed by atoms with Gasteiger partial charge in [0.05, 0.1) is 11.1 Å². The van der Waals surface area contributed by atoms with Gasteiger partial charge in [-0.25, -0.2) is 9.59 Å². The maximum absolute atomic E-state index is 12.3. The van der Waals surface area contributed by atoms with Crippen molar-refractivity contribution >= 4 is 22.7 Å². The molecule has 3 aromatic rings. The average molecular weight is 348 g/mol. The van der Waals surface area contributed by atoms with Crippen LogP contribution in [0, 0.1) is 0 Å². The Hall–Kier alpha value is -3.18. The normalized spacial score (nSPS) is 15.6. The number of hydrogen-bond donors (Lipinski definition) is 0. The molecule has 1 aliphatic rings.